The number of aromatic nitrogens is 3. The van der Waals surface area contributed by atoms with Gasteiger partial charge in [0.05, 0.1) is 28.3 Å². The van der Waals surface area contributed by atoms with E-state index in [2.05, 4.69) is 32.6 Å². The van der Waals surface area contributed by atoms with Crippen LogP contribution in [-0.2, 0) is 6.42 Å². The molecule has 0 unspecified atom stereocenters. The summed E-state index contributed by atoms with van der Waals surface area (Å²) in [7, 11) is 0. The van der Waals surface area contributed by atoms with E-state index in [0.717, 1.165) is 47.1 Å². The van der Waals surface area contributed by atoms with Crippen molar-refractivity contribution in [3.63, 3.8) is 0 Å². The van der Waals surface area contributed by atoms with Crippen molar-refractivity contribution in [3.05, 3.63) is 64.6 Å². The molecule has 0 bridgehead atoms. The van der Waals surface area contributed by atoms with Crippen LogP contribution in [0.1, 0.15) is 35.6 Å². The van der Waals surface area contributed by atoms with Crippen molar-refractivity contribution >= 4 is 28.2 Å². The summed E-state index contributed by atoms with van der Waals surface area (Å²) in [6, 6.07) is 12.3. The summed E-state index contributed by atoms with van der Waals surface area (Å²) in [5.74, 6) is 0.627. The van der Waals surface area contributed by atoms with E-state index in [4.69, 9.17) is 16.0 Å². The van der Waals surface area contributed by atoms with E-state index in [1.54, 1.807) is 6.20 Å². The molecule has 1 atom stereocenters. The van der Waals surface area contributed by atoms with Crippen LogP contribution in [0.5, 0.6) is 0 Å². The van der Waals surface area contributed by atoms with Crippen molar-refractivity contribution in [1.82, 2.24) is 15.2 Å². The number of nitrogens with zero attached hydrogens (tertiary/aromatic N) is 3. The molecule has 5 rings (SSSR count). The van der Waals surface area contributed by atoms with Crippen LogP contribution in [0.25, 0.3) is 22.4 Å². The van der Waals surface area contributed by atoms with Gasteiger partial charge in [-0.25, -0.2) is 4.98 Å². The molecule has 28 heavy (non-hydrogen) atoms. The monoisotopic (exact) mass is 389 g/mol. The van der Waals surface area contributed by atoms with Gasteiger partial charge in [0, 0.05) is 11.1 Å². The summed E-state index contributed by atoms with van der Waals surface area (Å²) >= 11 is 6.29. The third-order valence-corrected chi connectivity index (χ3v) is 5.55. The van der Waals surface area contributed by atoms with Gasteiger partial charge < -0.3 is 9.73 Å². The second-order valence-electron chi connectivity index (χ2n) is 6.93. The van der Waals surface area contributed by atoms with Crippen LogP contribution in [0.4, 0.5) is 5.69 Å². The van der Waals surface area contributed by atoms with E-state index in [1.807, 2.05) is 24.3 Å². The minimum Gasteiger partial charge on any atom is -0.442 e. The Labute approximate surface area is 166 Å². The highest BCUT2D eigenvalue weighted by atomic mass is 35.5. The van der Waals surface area contributed by atoms with Gasteiger partial charge in [0.15, 0.2) is 12.2 Å². The first-order chi connectivity index (χ1) is 13.7. The fourth-order valence-corrected chi connectivity index (χ4v) is 4.10. The Bertz CT molecular complexity index is 1210. The second-order valence-corrected chi connectivity index (χ2v) is 7.34. The van der Waals surface area contributed by atoms with E-state index in [-0.39, 0.29) is 6.04 Å². The summed E-state index contributed by atoms with van der Waals surface area (Å²) in [5.41, 5.74) is 5.56. The van der Waals surface area contributed by atoms with E-state index in [1.165, 1.54) is 12.0 Å². The predicted octanol–water partition coefficient (Wildman–Crippen LogP) is 5.23. The molecule has 0 fully saturated rings. The summed E-state index contributed by atoms with van der Waals surface area (Å²) in [5, 5.41) is 21.7. The van der Waals surface area contributed by atoms with Gasteiger partial charge in [-0.05, 0) is 60.7 Å². The number of nitriles is 1. The van der Waals surface area contributed by atoms with Crippen molar-refractivity contribution < 1.29 is 4.42 Å². The number of hydrogen-bond acceptors (Lipinski definition) is 5. The molecule has 2 N–H and O–H groups in total. The molecule has 0 saturated carbocycles. The van der Waals surface area contributed by atoms with Crippen LogP contribution in [0.2, 0.25) is 5.02 Å². The smallest absolute Gasteiger partial charge is 0.181 e. The first-order valence-electron chi connectivity index (χ1n) is 9.09. The molecule has 1 aliphatic rings. The average molecular weight is 390 g/mol. The molecule has 0 saturated heterocycles. The molecular formula is C21H16ClN5O. The highest BCUT2D eigenvalue weighted by Gasteiger charge is 2.22. The first kappa shape index (κ1) is 16.8. The summed E-state index contributed by atoms with van der Waals surface area (Å²) < 4.78 is 5.40. The van der Waals surface area contributed by atoms with E-state index < -0.39 is 0 Å². The van der Waals surface area contributed by atoms with Gasteiger partial charge in [-0.1, -0.05) is 11.6 Å². The number of halogens is 1. The van der Waals surface area contributed by atoms with Crippen LogP contribution in [-0.4, -0.2) is 15.2 Å². The van der Waals surface area contributed by atoms with Crippen LogP contribution in [0, 0.1) is 11.3 Å². The Balaban J connectivity index is 1.51. The molecule has 0 radical (unpaired) electrons. The first-order valence-corrected chi connectivity index (χ1v) is 9.46. The maximum Gasteiger partial charge on any atom is 0.181 e. The van der Waals surface area contributed by atoms with Gasteiger partial charge in [-0.15, -0.1) is 0 Å². The third-order valence-electron chi connectivity index (χ3n) is 5.23. The third kappa shape index (κ3) is 2.81. The van der Waals surface area contributed by atoms with E-state index in [0.29, 0.717) is 16.3 Å². The molecule has 0 aliphatic heterocycles. The van der Waals surface area contributed by atoms with Crippen molar-refractivity contribution in [1.29, 1.82) is 5.26 Å². The lowest BCUT2D eigenvalue weighted by Crippen LogP contribution is -2.17. The number of nitrogens with one attached hydrogen (secondary N) is 2. The Morgan fingerprint density at radius 3 is 3.04 bits per heavy atom. The zero-order chi connectivity index (χ0) is 19.1. The minimum atomic E-state index is 0.145. The van der Waals surface area contributed by atoms with Gasteiger partial charge in [-0.2, -0.15) is 10.4 Å². The lowest BCUT2D eigenvalue weighted by Gasteiger charge is -2.28. The molecule has 1 aliphatic carbocycles. The van der Waals surface area contributed by atoms with Crippen LogP contribution < -0.4 is 5.32 Å². The second kappa shape index (κ2) is 6.70. The topological polar surface area (TPSA) is 90.5 Å². The van der Waals surface area contributed by atoms with Gasteiger partial charge in [-0.3, -0.25) is 5.10 Å². The number of H-pyrrole nitrogens is 1. The number of oxazole rings is 1. The molecule has 0 amide bonds. The number of hydrogen-bond donors (Lipinski definition) is 2. The van der Waals surface area contributed by atoms with Gasteiger partial charge >= 0.3 is 0 Å². The lowest BCUT2D eigenvalue weighted by atomic mass is 9.86. The summed E-state index contributed by atoms with van der Waals surface area (Å²) in [6.45, 7) is 0. The molecule has 2 aromatic carbocycles. The Morgan fingerprint density at radius 2 is 2.21 bits per heavy atom. The Hall–Kier alpha value is -3.30. The van der Waals surface area contributed by atoms with Crippen molar-refractivity contribution in [2.75, 3.05) is 5.32 Å². The van der Waals surface area contributed by atoms with Crippen molar-refractivity contribution in [2.24, 2.45) is 0 Å². The van der Waals surface area contributed by atoms with Gasteiger partial charge in [0.25, 0.3) is 0 Å². The highest BCUT2D eigenvalue weighted by Crippen LogP contribution is 2.36. The largest absolute Gasteiger partial charge is 0.442 e. The zero-order valence-electron chi connectivity index (χ0n) is 14.9. The predicted molar refractivity (Wildman–Crippen MR) is 107 cm³/mol. The lowest BCUT2D eigenvalue weighted by molar-refractivity contribution is 0.570. The molecule has 138 valence electrons. The fourth-order valence-electron chi connectivity index (χ4n) is 3.89. The minimum absolute atomic E-state index is 0.145. The average Bonchev–Trinajstić information content (AvgIpc) is 3.37. The number of benzene rings is 2. The SMILES string of the molecule is N#Cc1cc2c(cc1Cl)[C@H](Nc1ccc3[nH]nc(-c4cnco4)c3c1)CCC2. The Morgan fingerprint density at radius 1 is 1.29 bits per heavy atom. The number of fused-ring (bicyclic) bond motifs is 2. The van der Waals surface area contributed by atoms with Crippen LogP contribution in [0.15, 0.2) is 47.3 Å². The number of anilines is 1. The maximum atomic E-state index is 9.23. The molecule has 2 aromatic heterocycles. The number of rotatable bonds is 3. The molecular weight excluding hydrogens is 374 g/mol. The normalized spacial score (nSPS) is 15.9. The highest BCUT2D eigenvalue weighted by molar-refractivity contribution is 6.31. The standard InChI is InChI=1S/C21H16ClN5O/c22-17-8-15-12(6-13(17)9-23)2-1-3-18(15)25-14-4-5-19-16(7-14)21(27-26-19)20-10-24-11-28-20/h4-8,10-11,18,25H,1-3H2,(H,26,27)/t18-/m1/s1. The maximum absolute atomic E-state index is 9.23. The fraction of sp³-hybridized carbons (Fsp3) is 0.190. The summed E-state index contributed by atoms with van der Waals surface area (Å²) in [6.07, 6.45) is 6.09. The van der Waals surface area contributed by atoms with Gasteiger partial charge in [0.2, 0.25) is 0 Å². The van der Waals surface area contributed by atoms with Crippen molar-refractivity contribution in [2.45, 2.75) is 25.3 Å². The summed E-state index contributed by atoms with van der Waals surface area (Å²) in [4.78, 5) is 3.98. The molecule has 4 aromatic rings. The number of aryl methyl sites for hydroxylation is 1. The van der Waals surface area contributed by atoms with Gasteiger partial charge in [0.1, 0.15) is 11.8 Å². The quantitative estimate of drug-likeness (QED) is 0.500. The number of aromatic amines is 1. The van der Waals surface area contributed by atoms with Crippen LogP contribution >= 0.6 is 11.6 Å². The van der Waals surface area contributed by atoms with E-state index >= 15 is 0 Å². The molecule has 2 heterocycles. The molecule has 0 spiro atoms. The molecule has 6 nitrogen and oxygen atoms in total. The zero-order valence-corrected chi connectivity index (χ0v) is 15.6. The molecule has 7 heteroatoms. The van der Waals surface area contributed by atoms with Crippen molar-refractivity contribution in [3.8, 4) is 17.5 Å². The van der Waals surface area contributed by atoms with E-state index in [9.17, 15) is 5.26 Å². The van der Waals surface area contributed by atoms with Crippen LogP contribution in [0.3, 0.4) is 0 Å². The Kier molecular flexibility index (Phi) is 4.03.